The van der Waals surface area contributed by atoms with Gasteiger partial charge in [0.15, 0.2) is 0 Å². The predicted molar refractivity (Wildman–Crippen MR) is 45.3 cm³/mol. The fourth-order valence-electron chi connectivity index (χ4n) is 0.704. The Labute approximate surface area is 71.2 Å². The number of primary amides is 1. The summed E-state index contributed by atoms with van der Waals surface area (Å²) in [6, 6.07) is 0. The van der Waals surface area contributed by atoms with Gasteiger partial charge in [0.25, 0.3) is 5.91 Å². The third-order valence-electron chi connectivity index (χ3n) is 1.18. The molecule has 0 aromatic carbocycles. The quantitative estimate of drug-likeness (QED) is 0.771. The molecule has 0 spiro atoms. The summed E-state index contributed by atoms with van der Waals surface area (Å²) in [7, 11) is 0. The lowest BCUT2D eigenvalue weighted by Crippen LogP contribution is -2.11. The van der Waals surface area contributed by atoms with Crippen molar-refractivity contribution in [1.82, 2.24) is 0 Å². The summed E-state index contributed by atoms with van der Waals surface area (Å²) in [5, 5.41) is 1.89. The van der Waals surface area contributed by atoms with Gasteiger partial charge in [0.2, 0.25) is 0 Å². The Morgan fingerprint density at radius 2 is 2.40 bits per heavy atom. The molecule has 1 aromatic rings. The molecule has 0 aliphatic rings. The first-order chi connectivity index (χ1) is 4.63. The Morgan fingerprint density at radius 1 is 1.80 bits per heavy atom. The van der Waals surface area contributed by atoms with Crippen molar-refractivity contribution in [1.29, 1.82) is 0 Å². The Bertz CT molecular complexity index is 249. The third kappa shape index (κ3) is 1.22. The topological polar surface area (TPSA) is 43.1 Å². The molecule has 54 valence electrons. The van der Waals surface area contributed by atoms with Gasteiger partial charge in [-0.25, -0.2) is 0 Å². The van der Waals surface area contributed by atoms with Crippen LogP contribution in [0.4, 0.5) is 0 Å². The first-order valence-electron chi connectivity index (χ1n) is 2.66. The molecule has 1 heterocycles. The summed E-state index contributed by atoms with van der Waals surface area (Å²) in [6.45, 7) is 1.86. The first-order valence-corrected chi connectivity index (χ1v) is 4.33. The monoisotopic (exact) mass is 219 g/mol. The Morgan fingerprint density at radius 3 is 2.60 bits per heavy atom. The molecule has 1 rings (SSSR count). The van der Waals surface area contributed by atoms with Gasteiger partial charge in [-0.3, -0.25) is 4.79 Å². The number of carbonyl (C=O) groups excluding carboxylic acids is 1. The number of halogens is 1. The van der Waals surface area contributed by atoms with Crippen LogP contribution in [-0.2, 0) is 0 Å². The SMILES string of the molecule is Cc1csc(Br)c1C(N)=O. The van der Waals surface area contributed by atoms with E-state index in [4.69, 9.17) is 5.73 Å². The smallest absolute Gasteiger partial charge is 0.250 e. The van der Waals surface area contributed by atoms with E-state index in [2.05, 4.69) is 15.9 Å². The summed E-state index contributed by atoms with van der Waals surface area (Å²) in [5.41, 5.74) is 6.63. The molecule has 0 atom stereocenters. The maximum absolute atomic E-state index is 10.7. The lowest BCUT2D eigenvalue weighted by Gasteiger charge is -1.91. The number of hydrogen-bond donors (Lipinski definition) is 1. The van der Waals surface area contributed by atoms with Crippen LogP contribution in [0, 0.1) is 6.92 Å². The van der Waals surface area contributed by atoms with E-state index in [1.54, 1.807) is 0 Å². The minimum atomic E-state index is -0.370. The minimum Gasteiger partial charge on any atom is -0.366 e. The highest BCUT2D eigenvalue weighted by Crippen LogP contribution is 2.26. The second-order valence-electron chi connectivity index (χ2n) is 1.93. The van der Waals surface area contributed by atoms with Crippen LogP contribution in [0.5, 0.6) is 0 Å². The van der Waals surface area contributed by atoms with E-state index in [1.165, 1.54) is 11.3 Å². The van der Waals surface area contributed by atoms with Crippen LogP contribution in [0.2, 0.25) is 0 Å². The summed E-state index contributed by atoms with van der Waals surface area (Å²) in [5.74, 6) is -0.370. The molecule has 2 nitrogen and oxygen atoms in total. The molecule has 0 aliphatic heterocycles. The zero-order chi connectivity index (χ0) is 7.72. The Hall–Kier alpha value is -0.350. The van der Waals surface area contributed by atoms with Crippen molar-refractivity contribution in [2.24, 2.45) is 5.73 Å². The van der Waals surface area contributed by atoms with Crippen LogP contribution in [-0.4, -0.2) is 5.91 Å². The number of hydrogen-bond acceptors (Lipinski definition) is 2. The van der Waals surface area contributed by atoms with Crippen LogP contribution < -0.4 is 5.73 Å². The molecule has 0 radical (unpaired) electrons. The fourth-order valence-corrected chi connectivity index (χ4v) is 2.27. The number of nitrogens with two attached hydrogens (primary N) is 1. The predicted octanol–water partition coefficient (Wildman–Crippen LogP) is 1.92. The van der Waals surface area contributed by atoms with Crippen LogP contribution in [0.3, 0.4) is 0 Å². The van der Waals surface area contributed by atoms with Crippen LogP contribution in [0.1, 0.15) is 15.9 Å². The van der Waals surface area contributed by atoms with Crippen LogP contribution >= 0.6 is 27.3 Å². The average Bonchev–Trinajstić information content (AvgIpc) is 2.11. The summed E-state index contributed by atoms with van der Waals surface area (Å²) < 4.78 is 0.817. The molecule has 4 heteroatoms. The minimum absolute atomic E-state index is 0.370. The van der Waals surface area contributed by atoms with Crippen molar-refractivity contribution < 1.29 is 4.79 Å². The van der Waals surface area contributed by atoms with Crippen LogP contribution in [0.25, 0.3) is 0 Å². The van der Waals surface area contributed by atoms with Gasteiger partial charge in [-0.2, -0.15) is 0 Å². The van der Waals surface area contributed by atoms with E-state index in [9.17, 15) is 4.79 Å². The molecular formula is C6H6BrNOS. The number of aryl methyl sites for hydroxylation is 1. The second kappa shape index (κ2) is 2.72. The molecule has 1 aromatic heterocycles. The van der Waals surface area contributed by atoms with E-state index in [0.29, 0.717) is 5.56 Å². The molecule has 1 amide bonds. The van der Waals surface area contributed by atoms with Gasteiger partial charge in [0.05, 0.1) is 9.35 Å². The van der Waals surface area contributed by atoms with Gasteiger partial charge < -0.3 is 5.73 Å². The first kappa shape index (κ1) is 7.75. The van der Waals surface area contributed by atoms with E-state index >= 15 is 0 Å². The zero-order valence-corrected chi connectivity index (χ0v) is 7.75. The van der Waals surface area contributed by atoms with E-state index in [0.717, 1.165) is 9.35 Å². The number of rotatable bonds is 1. The molecular weight excluding hydrogens is 214 g/mol. The van der Waals surface area contributed by atoms with Crippen LogP contribution in [0.15, 0.2) is 9.17 Å². The third-order valence-corrected chi connectivity index (χ3v) is 3.02. The zero-order valence-electron chi connectivity index (χ0n) is 5.35. The molecule has 0 saturated carbocycles. The van der Waals surface area contributed by atoms with E-state index in [-0.39, 0.29) is 5.91 Å². The molecule has 10 heavy (non-hydrogen) atoms. The molecule has 0 aliphatic carbocycles. The van der Waals surface area contributed by atoms with Gasteiger partial charge in [0.1, 0.15) is 0 Å². The lowest BCUT2D eigenvalue weighted by atomic mass is 10.2. The standard InChI is InChI=1S/C6H6BrNOS/c1-3-2-10-5(7)4(3)6(8)9/h2H,1H3,(H2,8,9). The average molecular weight is 220 g/mol. The summed E-state index contributed by atoms with van der Waals surface area (Å²) in [4.78, 5) is 10.7. The molecule has 0 fully saturated rings. The van der Waals surface area contributed by atoms with Gasteiger partial charge in [0, 0.05) is 0 Å². The lowest BCUT2D eigenvalue weighted by molar-refractivity contribution is 0.0999. The van der Waals surface area contributed by atoms with Crippen molar-refractivity contribution in [3.63, 3.8) is 0 Å². The fraction of sp³-hybridized carbons (Fsp3) is 0.167. The summed E-state index contributed by atoms with van der Waals surface area (Å²) in [6.07, 6.45) is 0. The van der Waals surface area contributed by atoms with Crippen molar-refractivity contribution in [2.75, 3.05) is 0 Å². The molecule has 0 bridgehead atoms. The van der Waals surface area contributed by atoms with Gasteiger partial charge in [-0.05, 0) is 33.8 Å². The van der Waals surface area contributed by atoms with Gasteiger partial charge in [-0.1, -0.05) is 0 Å². The summed E-state index contributed by atoms with van der Waals surface area (Å²) >= 11 is 4.71. The largest absolute Gasteiger partial charge is 0.366 e. The highest BCUT2D eigenvalue weighted by molar-refractivity contribution is 9.11. The molecule has 2 N–H and O–H groups in total. The van der Waals surface area contributed by atoms with Gasteiger partial charge >= 0.3 is 0 Å². The van der Waals surface area contributed by atoms with Crippen molar-refractivity contribution in [3.05, 3.63) is 20.3 Å². The highest BCUT2D eigenvalue weighted by Gasteiger charge is 2.10. The highest BCUT2D eigenvalue weighted by atomic mass is 79.9. The Balaban J connectivity index is 3.23. The van der Waals surface area contributed by atoms with Crippen molar-refractivity contribution in [3.8, 4) is 0 Å². The number of carbonyl (C=O) groups is 1. The molecule has 0 unspecified atom stereocenters. The number of amides is 1. The van der Waals surface area contributed by atoms with E-state index in [1.807, 2.05) is 12.3 Å². The van der Waals surface area contributed by atoms with Gasteiger partial charge in [-0.15, -0.1) is 11.3 Å². The van der Waals surface area contributed by atoms with E-state index < -0.39 is 0 Å². The molecule has 0 saturated heterocycles. The number of thiophene rings is 1. The second-order valence-corrected chi connectivity index (χ2v) is 4.13. The van der Waals surface area contributed by atoms with Crippen molar-refractivity contribution in [2.45, 2.75) is 6.92 Å². The maximum atomic E-state index is 10.7. The van der Waals surface area contributed by atoms with Crippen molar-refractivity contribution >= 4 is 33.2 Å². The maximum Gasteiger partial charge on any atom is 0.250 e. The Kier molecular flexibility index (Phi) is 2.11. The normalized spacial score (nSPS) is 9.80.